The summed E-state index contributed by atoms with van der Waals surface area (Å²) in [6, 6.07) is 24.0. The van der Waals surface area contributed by atoms with E-state index in [1.165, 1.54) is 0 Å². The van der Waals surface area contributed by atoms with Crippen molar-refractivity contribution in [3.05, 3.63) is 90.0 Å². The molecule has 1 N–H and O–H groups in total. The predicted molar refractivity (Wildman–Crippen MR) is 161 cm³/mol. The predicted octanol–water partition coefficient (Wildman–Crippen LogP) is 5.94. The van der Waals surface area contributed by atoms with Gasteiger partial charge in [0.2, 0.25) is 0 Å². The molecule has 4 aromatic carbocycles. The van der Waals surface area contributed by atoms with E-state index in [0.29, 0.717) is 57.5 Å². The van der Waals surface area contributed by atoms with Crippen molar-refractivity contribution in [1.29, 1.82) is 0 Å². The molecule has 0 atom stereocenters. The zero-order valence-corrected chi connectivity index (χ0v) is 24.1. The zero-order valence-electron chi connectivity index (χ0n) is 24.1. The SMILES string of the molecule is COc1ccc(CNC(=O)c2ccc3nc(-c4ccc(OC)c(OC)c4)c(-c4ccc(OC)c(OC)c4)nc3c2)cc1. The first kappa shape index (κ1) is 28.2. The van der Waals surface area contributed by atoms with Crippen LogP contribution < -0.4 is 29.0 Å². The van der Waals surface area contributed by atoms with Gasteiger partial charge in [0.15, 0.2) is 23.0 Å². The zero-order chi connectivity index (χ0) is 29.6. The molecule has 42 heavy (non-hydrogen) atoms. The summed E-state index contributed by atoms with van der Waals surface area (Å²) in [5, 5.41) is 2.97. The van der Waals surface area contributed by atoms with Gasteiger partial charge in [0.05, 0.1) is 58.0 Å². The number of hydrogen-bond acceptors (Lipinski definition) is 8. The van der Waals surface area contributed by atoms with Crippen molar-refractivity contribution in [2.75, 3.05) is 35.5 Å². The van der Waals surface area contributed by atoms with Crippen molar-refractivity contribution >= 4 is 16.9 Å². The van der Waals surface area contributed by atoms with Crippen molar-refractivity contribution < 1.29 is 28.5 Å². The number of hydrogen-bond donors (Lipinski definition) is 1. The van der Waals surface area contributed by atoms with E-state index in [1.54, 1.807) is 53.7 Å². The fourth-order valence-electron chi connectivity index (χ4n) is 4.59. The number of aromatic nitrogens is 2. The lowest BCUT2D eigenvalue weighted by atomic mass is 10.0. The fourth-order valence-corrected chi connectivity index (χ4v) is 4.59. The van der Waals surface area contributed by atoms with Crippen molar-refractivity contribution in [1.82, 2.24) is 15.3 Å². The molecule has 0 bridgehead atoms. The Morgan fingerprint density at radius 1 is 0.595 bits per heavy atom. The van der Waals surface area contributed by atoms with Gasteiger partial charge < -0.3 is 29.0 Å². The Morgan fingerprint density at radius 3 is 1.67 bits per heavy atom. The first-order valence-corrected chi connectivity index (χ1v) is 13.2. The molecule has 0 saturated carbocycles. The average molecular weight is 566 g/mol. The number of benzene rings is 4. The average Bonchev–Trinajstić information content (AvgIpc) is 3.05. The minimum Gasteiger partial charge on any atom is -0.497 e. The molecule has 1 aromatic heterocycles. The molecule has 0 fully saturated rings. The highest BCUT2D eigenvalue weighted by molar-refractivity contribution is 5.98. The minimum atomic E-state index is -0.217. The van der Waals surface area contributed by atoms with Crippen molar-refractivity contribution in [2.45, 2.75) is 6.54 Å². The first-order chi connectivity index (χ1) is 20.5. The van der Waals surface area contributed by atoms with Gasteiger partial charge in [0.25, 0.3) is 5.91 Å². The maximum absolute atomic E-state index is 13.1. The lowest BCUT2D eigenvalue weighted by molar-refractivity contribution is 0.0951. The highest BCUT2D eigenvalue weighted by atomic mass is 16.5. The highest BCUT2D eigenvalue weighted by Gasteiger charge is 2.18. The van der Waals surface area contributed by atoms with Crippen LogP contribution >= 0.6 is 0 Å². The van der Waals surface area contributed by atoms with Gasteiger partial charge in [0, 0.05) is 23.2 Å². The Balaban J connectivity index is 1.57. The van der Waals surface area contributed by atoms with E-state index < -0.39 is 0 Å². The summed E-state index contributed by atoms with van der Waals surface area (Å²) in [6.07, 6.45) is 0. The van der Waals surface area contributed by atoms with Crippen LogP contribution in [0.15, 0.2) is 78.9 Å². The molecule has 0 radical (unpaired) electrons. The number of ether oxygens (including phenoxy) is 5. The fraction of sp³-hybridized carbons (Fsp3) is 0.182. The van der Waals surface area contributed by atoms with E-state index >= 15 is 0 Å². The maximum atomic E-state index is 13.1. The minimum absolute atomic E-state index is 0.217. The van der Waals surface area contributed by atoms with E-state index in [2.05, 4.69) is 5.32 Å². The number of carbonyl (C=O) groups excluding carboxylic acids is 1. The van der Waals surface area contributed by atoms with Crippen LogP contribution in [-0.2, 0) is 6.54 Å². The third-order valence-corrected chi connectivity index (χ3v) is 6.85. The lowest BCUT2D eigenvalue weighted by Gasteiger charge is -2.15. The number of nitrogens with zero attached hydrogens (tertiary/aromatic N) is 2. The number of amides is 1. The second-order valence-corrected chi connectivity index (χ2v) is 9.29. The topological polar surface area (TPSA) is 101 Å². The smallest absolute Gasteiger partial charge is 0.251 e. The van der Waals surface area contributed by atoms with Crippen LogP contribution in [0.4, 0.5) is 0 Å². The summed E-state index contributed by atoms with van der Waals surface area (Å²) in [4.78, 5) is 23.1. The van der Waals surface area contributed by atoms with E-state index in [0.717, 1.165) is 22.4 Å². The number of fused-ring (bicyclic) bond motifs is 1. The molecule has 9 heteroatoms. The third-order valence-electron chi connectivity index (χ3n) is 6.85. The van der Waals surface area contributed by atoms with Crippen LogP contribution in [0, 0.1) is 0 Å². The third kappa shape index (κ3) is 5.76. The molecular formula is C33H31N3O6. The number of nitrogens with one attached hydrogen (secondary N) is 1. The summed E-state index contributed by atoms with van der Waals surface area (Å²) in [5.74, 6) is 2.87. The molecule has 1 heterocycles. The molecule has 5 rings (SSSR count). The molecule has 0 spiro atoms. The molecular weight excluding hydrogens is 534 g/mol. The van der Waals surface area contributed by atoms with Gasteiger partial charge in [-0.2, -0.15) is 0 Å². The molecule has 0 aliphatic carbocycles. The van der Waals surface area contributed by atoms with Gasteiger partial charge in [-0.3, -0.25) is 4.79 Å². The van der Waals surface area contributed by atoms with E-state index in [4.69, 9.17) is 33.7 Å². The van der Waals surface area contributed by atoms with Gasteiger partial charge >= 0.3 is 0 Å². The highest BCUT2D eigenvalue weighted by Crippen LogP contribution is 2.39. The van der Waals surface area contributed by atoms with Gasteiger partial charge in [-0.05, 0) is 72.3 Å². The summed E-state index contributed by atoms with van der Waals surface area (Å²) in [5.41, 5.74) is 5.42. The molecule has 214 valence electrons. The standard InChI is InChI=1S/C33H31N3O6/c1-38-24-11-6-20(7-12-24)19-34-33(37)23-8-13-25-26(16-23)36-32(22-10-15-28(40-3)30(18-22)42-5)31(35-25)21-9-14-27(39-2)29(17-21)41-4/h6-18H,19H2,1-5H3,(H,34,37). The molecule has 0 unspecified atom stereocenters. The molecule has 0 aliphatic heterocycles. The Labute approximate surface area is 244 Å². The van der Waals surface area contributed by atoms with Gasteiger partial charge in [-0.15, -0.1) is 0 Å². The van der Waals surface area contributed by atoms with Crippen molar-refractivity contribution in [3.8, 4) is 51.3 Å². The van der Waals surface area contributed by atoms with Crippen molar-refractivity contribution in [2.24, 2.45) is 0 Å². The number of carbonyl (C=O) groups is 1. The Kier molecular flexibility index (Phi) is 8.38. The maximum Gasteiger partial charge on any atom is 0.251 e. The van der Waals surface area contributed by atoms with Gasteiger partial charge in [0.1, 0.15) is 5.75 Å². The largest absolute Gasteiger partial charge is 0.497 e. The lowest BCUT2D eigenvalue weighted by Crippen LogP contribution is -2.22. The number of methoxy groups -OCH3 is 5. The molecule has 1 amide bonds. The normalized spacial score (nSPS) is 10.7. The van der Waals surface area contributed by atoms with Crippen molar-refractivity contribution in [3.63, 3.8) is 0 Å². The second-order valence-electron chi connectivity index (χ2n) is 9.29. The molecule has 0 aliphatic rings. The summed E-state index contributed by atoms with van der Waals surface area (Å²) >= 11 is 0. The van der Waals surface area contributed by atoms with Gasteiger partial charge in [-0.25, -0.2) is 9.97 Å². The van der Waals surface area contributed by atoms with Crippen LogP contribution in [0.2, 0.25) is 0 Å². The van der Waals surface area contributed by atoms with Crippen LogP contribution in [0.3, 0.4) is 0 Å². The van der Waals surface area contributed by atoms with Crippen LogP contribution in [0.5, 0.6) is 28.7 Å². The van der Waals surface area contributed by atoms with Crippen LogP contribution in [-0.4, -0.2) is 51.4 Å². The van der Waals surface area contributed by atoms with Crippen LogP contribution in [0.25, 0.3) is 33.5 Å². The monoisotopic (exact) mass is 565 g/mol. The van der Waals surface area contributed by atoms with E-state index in [-0.39, 0.29) is 5.91 Å². The Morgan fingerprint density at radius 2 is 1.14 bits per heavy atom. The van der Waals surface area contributed by atoms with E-state index in [1.807, 2.05) is 60.7 Å². The Bertz CT molecular complexity index is 1740. The molecule has 5 aromatic rings. The summed E-state index contributed by atoms with van der Waals surface area (Å²) < 4.78 is 27.2. The summed E-state index contributed by atoms with van der Waals surface area (Å²) in [7, 11) is 7.97. The van der Waals surface area contributed by atoms with E-state index in [9.17, 15) is 4.79 Å². The Hall–Kier alpha value is -5.31. The molecule has 0 saturated heterocycles. The first-order valence-electron chi connectivity index (χ1n) is 13.2. The second kappa shape index (κ2) is 12.5. The quantitative estimate of drug-likeness (QED) is 0.222. The van der Waals surface area contributed by atoms with Gasteiger partial charge in [-0.1, -0.05) is 12.1 Å². The summed E-state index contributed by atoms with van der Waals surface area (Å²) in [6.45, 7) is 0.377. The molecule has 9 nitrogen and oxygen atoms in total. The number of rotatable bonds is 10. The van der Waals surface area contributed by atoms with Crippen LogP contribution in [0.1, 0.15) is 15.9 Å².